The lowest BCUT2D eigenvalue weighted by Crippen LogP contribution is -2.22. The second-order valence-electron chi connectivity index (χ2n) is 5.34. The Morgan fingerprint density at radius 3 is 2.63 bits per heavy atom. The summed E-state index contributed by atoms with van der Waals surface area (Å²) in [6.45, 7) is 0. The SMILES string of the molecule is O=C(N/N=C\C=C\c1ccccc1[N+](=O)[O-])c1n[nH]c(=O)c2ccccc12. The van der Waals surface area contributed by atoms with Crippen LogP contribution in [0.5, 0.6) is 0 Å². The van der Waals surface area contributed by atoms with E-state index in [1.165, 1.54) is 24.4 Å². The molecule has 134 valence electrons. The molecule has 0 radical (unpaired) electrons. The summed E-state index contributed by atoms with van der Waals surface area (Å²) in [4.78, 5) is 34.4. The Hall–Kier alpha value is -4.14. The molecule has 0 aliphatic rings. The van der Waals surface area contributed by atoms with E-state index < -0.39 is 16.4 Å². The highest BCUT2D eigenvalue weighted by atomic mass is 16.6. The van der Waals surface area contributed by atoms with Crippen molar-refractivity contribution in [2.45, 2.75) is 0 Å². The molecule has 0 aliphatic carbocycles. The molecule has 9 nitrogen and oxygen atoms in total. The maximum absolute atomic E-state index is 12.2. The molecule has 27 heavy (non-hydrogen) atoms. The number of hydrogen-bond donors (Lipinski definition) is 2. The van der Waals surface area contributed by atoms with Crippen LogP contribution in [-0.2, 0) is 0 Å². The third kappa shape index (κ3) is 3.93. The molecule has 9 heteroatoms. The standard InChI is InChI=1S/C18H13N5O4/c24-17-14-9-3-2-8-13(14)16(20-22-17)18(25)21-19-11-5-7-12-6-1-4-10-15(12)23(26)27/h1-11H,(H,21,25)(H,22,24)/b7-5+,19-11-. The number of para-hydroxylation sites is 1. The molecule has 0 fully saturated rings. The summed E-state index contributed by atoms with van der Waals surface area (Å²) in [6.07, 6.45) is 4.24. The van der Waals surface area contributed by atoms with E-state index in [0.29, 0.717) is 16.3 Å². The number of benzene rings is 2. The summed E-state index contributed by atoms with van der Waals surface area (Å²) < 4.78 is 0. The van der Waals surface area contributed by atoms with Crippen LogP contribution in [0, 0.1) is 10.1 Å². The molecule has 0 aliphatic heterocycles. The molecule has 0 bridgehead atoms. The molecule has 2 N–H and O–H groups in total. The summed E-state index contributed by atoms with van der Waals surface area (Å²) in [6, 6.07) is 12.8. The first kappa shape index (κ1) is 17.7. The number of hydrazone groups is 1. The minimum absolute atomic E-state index is 0.0323. The van der Waals surface area contributed by atoms with Crippen LogP contribution in [0.2, 0.25) is 0 Å². The fourth-order valence-corrected chi connectivity index (χ4v) is 2.42. The number of aromatic nitrogens is 2. The zero-order valence-electron chi connectivity index (χ0n) is 13.8. The fourth-order valence-electron chi connectivity index (χ4n) is 2.42. The van der Waals surface area contributed by atoms with E-state index >= 15 is 0 Å². The second-order valence-corrected chi connectivity index (χ2v) is 5.34. The topological polar surface area (TPSA) is 130 Å². The first-order valence-electron chi connectivity index (χ1n) is 7.79. The number of nitro groups is 1. The molecule has 3 rings (SSSR count). The van der Waals surface area contributed by atoms with Gasteiger partial charge in [-0.25, -0.2) is 10.5 Å². The van der Waals surface area contributed by atoms with Crippen LogP contribution >= 0.6 is 0 Å². The van der Waals surface area contributed by atoms with Crippen LogP contribution in [-0.4, -0.2) is 27.2 Å². The van der Waals surface area contributed by atoms with Crippen LogP contribution in [0.3, 0.4) is 0 Å². The number of nitrogens with zero attached hydrogens (tertiary/aromatic N) is 3. The van der Waals surface area contributed by atoms with Gasteiger partial charge in [-0.15, -0.1) is 0 Å². The van der Waals surface area contributed by atoms with Crippen LogP contribution in [0.15, 0.2) is 64.5 Å². The maximum Gasteiger partial charge on any atom is 0.292 e. The zero-order chi connectivity index (χ0) is 19.2. The van der Waals surface area contributed by atoms with Crippen LogP contribution in [0.4, 0.5) is 5.69 Å². The Labute approximate surface area is 152 Å². The number of aromatic amines is 1. The lowest BCUT2D eigenvalue weighted by atomic mass is 10.1. The van der Waals surface area contributed by atoms with E-state index in [9.17, 15) is 19.7 Å². The van der Waals surface area contributed by atoms with Gasteiger partial charge in [-0.1, -0.05) is 30.3 Å². The van der Waals surface area contributed by atoms with E-state index in [4.69, 9.17) is 0 Å². The van der Waals surface area contributed by atoms with Crippen molar-refractivity contribution in [3.8, 4) is 0 Å². The first-order chi connectivity index (χ1) is 13.1. The second kappa shape index (κ2) is 7.83. The van der Waals surface area contributed by atoms with Gasteiger partial charge in [-0.05, 0) is 24.3 Å². The van der Waals surface area contributed by atoms with E-state index in [0.717, 1.165) is 0 Å². The summed E-state index contributed by atoms with van der Waals surface area (Å²) in [5.74, 6) is -0.599. The number of H-pyrrole nitrogens is 1. The number of carbonyl (C=O) groups is 1. The molecule has 0 unspecified atom stereocenters. The van der Waals surface area contributed by atoms with Crippen molar-refractivity contribution in [3.05, 3.63) is 86.3 Å². The van der Waals surface area contributed by atoms with Gasteiger partial charge in [0.15, 0.2) is 5.69 Å². The van der Waals surface area contributed by atoms with Gasteiger partial charge in [0.25, 0.3) is 17.2 Å². The average Bonchev–Trinajstić information content (AvgIpc) is 2.68. The molecular formula is C18H13N5O4. The van der Waals surface area contributed by atoms with Gasteiger partial charge in [-0.3, -0.25) is 19.7 Å². The highest BCUT2D eigenvalue weighted by Crippen LogP contribution is 2.18. The Balaban J connectivity index is 1.73. The molecule has 1 amide bonds. The minimum Gasteiger partial charge on any atom is -0.267 e. The van der Waals surface area contributed by atoms with Crippen molar-refractivity contribution in [3.63, 3.8) is 0 Å². The van der Waals surface area contributed by atoms with Crippen molar-refractivity contribution in [2.24, 2.45) is 5.10 Å². The lowest BCUT2D eigenvalue weighted by molar-refractivity contribution is -0.385. The number of fused-ring (bicyclic) bond motifs is 1. The summed E-state index contributed by atoms with van der Waals surface area (Å²) in [7, 11) is 0. The number of hydrogen-bond acceptors (Lipinski definition) is 6. The molecule has 3 aromatic rings. The van der Waals surface area contributed by atoms with Crippen molar-refractivity contribution in [1.29, 1.82) is 0 Å². The van der Waals surface area contributed by atoms with E-state index in [-0.39, 0.29) is 11.4 Å². The van der Waals surface area contributed by atoms with Gasteiger partial charge < -0.3 is 0 Å². The first-order valence-corrected chi connectivity index (χ1v) is 7.79. The van der Waals surface area contributed by atoms with Crippen LogP contribution in [0.1, 0.15) is 16.1 Å². The van der Waals surface area contributed by atoms with Gasteiger partial charge >= 0.3 is 0 Å². The largest absolute Gasteiger partial charge is 0.292 e. The maximum atomic E-state index is 12.2. The van der Waals surface area contributed by atoms with Crippen molar-refractivity contribution in [1.82, 2.24) is 15.6 Å². The number of nitrogens with one attached hydrogen (secondary N) is 2. The molecule has 0 saturated carbocycles. The number of nitro benzene ring substituents is 1. The quantitative estimate of drug-likeness (QED) is 0.408. The summed E-state index contributed by atoms with van der Waals surface area (Å²) in [5.41, 5.74) is 2.32. The smallest absolute Gasteiger partial charge is 0.267 e. The van der Waals surface area contributed by atoms with Crippen molar-refractivity contribution < 1.29 is 9.72 Å². The highest BCUT2D eigenvalue weighted by Gasteiger charge is 2.13. The zero-order valence-corrected chi connectivity index (χ0v) is 13.8. The van der Waals surface area contributed by atoms with Crippen LogP contribution < -0.4 is 11.0 Å². The molecule has 0 atom stereocenters. The Bertz CT molecular complexity index is 1130. The van der Waals surface area contributed by atoms with Gasteiger partial charge in [0.2, 0.25) is 0 Å². The molecule has 1 heterocycles. The lowest BCUT2D eigenvalue weighted by Gasteiger charge is -2.02. The molecular weight excluding hydrogens is 350 g/mol. The number of amides is 1. The third-order valence-electron chi connectivity index (χ3n) is 3.65. The predicted octanol–water partition coefficient (Wildman–Crippen LogP) is 2.26. The summed E-state index contributed by atoms with van der Waals surface area (Å²) >= 11 is 0. The minimum atomic E-state index is -0.599. The third-order valence-corrected chi connectivity index (χ3v) is 3.65. The molecule has 0 spiro atoms. The van der Waals surface area contributed by atoms with Crippen molar-refractivity contribution >= 4 is 34.7 Å². The highest BCUT2D eigenvalue weighted by molar-refractivity contribution is 6.04. The monoisotopic (exact) mass is 363 g/mol. The van der Waals surface area contributed by atoms with Gasteiger partial charge in [-0.2, -0.15) is 10.2 Å². The number of carbonyl (C=O) groups excluding carboxylic acids is 1. The normalized spacial score (nSPS) is 11.3. The Kier molecular flexibility index (Phi) is 5.12. The molecule has 1 aromatic heterocycles. The van der Waals surface area contributed by atoms with Gasteiger partial charge in [0.05, 0.1) is 15.9 Å². The fraction of sp³-hybridized carbons (Fsp3) is 0. The van der Waals surface area contributed by atoms with E-state index in [2.05, 4.69) is 20.7 Å². The van der Waals surface area contributed by atoms with Crippen LogP contribution in [0.25, 0.3) is 16.8 Å². The molecule has 0 saturated heterocycles. The van der Waals surface area contributed by atoms with E-state index in [1.807, 2.05) is 0 Å². The predicted molar refractivity (Wildman–Crippen MR) is 100 cm³/mol. The van der Waals surface area contributed by atoms with Gasteiger partial charge in [0, 0.05) is 17.7 Å². The van der Waals surface area contributed by atoms with E-state index in [1.54, 1.807) is 42.5 Å². The van der Waals surface area contributed by atoms with Gasteiger partial charge in [0.1, 0.15) is 0 Å². The number of allylic oxidation sites excluding steroid dienone is 1. The Morgan fingerprint density at radius 2 is 1.85 bits per heavy atom. The van der Waals surface area contributed by atoms with Crippen molar-refractivity contribution in [2.75, 3.05) is 0 Å². The average molecular weight is 363 g/mol. The summed E-state index contributed by atoms with van der Waals surface area (Å²) in [5, 5.41) is 21.5. The molecule has 2 aromatic carbocycles. The Morgan fingerprint density at radius 1 is 1.15 bits per heavy atom. The number of rotatable bonds is 5.